The summed E-state index contributed by atoms with van der Waals surface area (Å²) in [5.74, 6) is -0.359. The van der Waals surface area contributed by atoms with Crippen LogP contribution >= 0.6 is 0 Å². The van der Waals surface area contributed by atoms with Gasteiger partial charge in [-0.05, 0) is 62.1 Å². The van der Waals surface area contributed by atoms with E-state index in [1.54, 1.807) is 13.1 Å². The monoisotopic (exact) mass is 324 g/mol. The standard InChI is InChI=1S/C20H24N2O2/c1-13-9-10-17(11-16(13)4)20(24)22(5)12-18(23)21-19-14(2)7-6-8-15(19)3/h6-11H,12H2,1-5H3,(H,21,23). The van der Waals surface area contributed by atoms with Crippen molar-refractivity contribution in [2.24, 2.45) is 0 Å². The van der Waals surface area contributed by atoms with Crippen LogP contribution in [-0.2, 0) is 4.79 Å². The van der Waals surface area contributed by atoms with Crippen molar-refractivity contribution in [2.45, 2.75) is 27.7 Å². The number of likely N-dealkylation sites (N-methyl/N-ethyl adjacent to an activating group) is 1. The lowest BCUT2D eigenvalue weighted by Crippen LogP contribution is -2.35. The van der Waals surface area contributed by atoms with Crippen molar-refractivity contribution in [2.75, 3.05) is 18.9 Å². The molecule has 2 amide bonds. The summed E-state index contributed by atoms with van der Waals surface area (Å²) in [6.07, 6.45) is 0. The van der Waals surface area contributed by atoms with Gasteiger partial charge < -0.3 is 10.2 Å². The average molecular weight is 324 g/mol. The fourth-order valence-electron chi connectivity index (χ4n) is 2.57. The molecule has 0 atom stereocenters. The second kappa shape index (κ2) is 7.30. The van der Waals surface area contributed by atoms with Crippen LogP contribution in [0.1, 0.15) is 32.6 Å². The summed E-state index contributed by atoms with van der Waals surface area (Å²) in [4.78, 5) is 26.2. The second-order valence-electron chi connectivity index (χ2n) is 6.28. The SMILES string of the molecule is Cc1ccc(C(=O)N(C)CC(=O)Nc2c(C)cccc2C)cc1C. The third kappa shape index (κ3) is 4.02. The molecule has 0 aliphatic carbocycles. The molecule has 4 heteroatoms. The first kappa shape index (κ1) is 17.7. The molecular weight excluding hydrogens is 300 g/mol. The lowest BCUT2D eigenvalue weighted by molar-refractivity contribution is -0.116. The van der Waals surface area contributed by atoms with Gasteiger partial charge in [0.15, 0.2) is 0 Å². The van der Waals surface area contributed by atoms with E-state index in [1.165, 1.54) is 4.90 Å². The Bertz CT molecular complexity index is 761. The Morgan fingerprint density at radius 2 is 1.54 bits per heavy atom. The fourth-order valence-corrected chi connectivity index (χ4v) is 2.57. The van der Waals surface area contributed by atoms with Crippen LogP contribution < -0.4 is 5.32 Å². The summed E-state index contributed by atoms with van der Waals surface area (Å²) in [7, 11) is 1.64. The van der Waals surface area contributed by atoms with Gasteiger partial charge in [-0.1, -0.05) is 24.3 Å². The maximum atomic E-state index is 12.5. The molecule has 0 unspecified atom stereocenters. The number of nitrogens with zero attached hydrogens (tertiary/aromatic N) is 1. The number of anilines is 1. The molecule has 0 aromatic heterocycles. The van der Waals surface area contributed by atoms with Gasteiger partial charge in [-0.15, -0.1) is 0 Å². The van der Waals surface area contributed by atoms with Crippen LogP contribution in [0.4, 0.5) is 5.69 Å². The minimum absolute atomic E-state index is 0.0134. The lowest BCUT2D eigenvalue weighted by atomic mass is 10.1. The predicted molar refractivity (Wildman–Crippen MR) is 97.4 cm³/mol. The van der Waals surface area contributed by atoms with Gasteiger partial charge in [0.25, 0.3) is 5.91 Å². The number of aryl methyl sites for hydroxylation is 4. The Balaban J connectivity index is 2.05. The van der Waals surface area contributed by atoms with Crippen LogP contribution in [0.3, 0.4) is 0 Å². The molecule has 0 saturated heterocycles. The highest BCUT2D eigenvalue weighted by atomic mass is 16.2. The van der Waals surface area contributed by atoms with Crippen molar-refractivity contribution in [3.63, 3.8) is 0 Å². The zero-order valence-corrected chi connectivity index (χ0v) is 14.9. The fraction of sp³-hybridized carbons (Fsp3) is 0.300. The molecule has 2 aromatic carbocycles. The van der Waals surface area contributed by atoms with Gasteiger partial charge in [-0.25, -0.2) is 0 Å². The number of benzene rings is 2. The number of rotatable bonds is 4. The number of nitrogens with one attached hydrogen (secondary N) is 1. The second-order valence-corrected chi connectivity index (χ2v) is 6.28. The molecule has 24 heavy (non-hydrogen) atoms. The van der Waals surface area contributed by atoms with E-state index < -0.39 is 0 Å². The van der Waals surface area contributed by atoms with E-state index in [0.29, 0.717) is 5.56 Å². The van der Waals surface area contributed by atoms with Crippen LogP contribution in [0.15, 0.2) is 36.4 Å². The first-order valence-corrected chi connectivity index (χ1v) is 7.98. The first-order valence-electron chi connectivity index (χ1n) is 7.98. The molecule has 4 nitrogen and oxygen atoms in total. The molecule has 0 bridgehead atoms. The summed E-state index contributed by atoms with van der Waals surface area (Å²) < 4.78 is 0. The summed E-state index contributed by atoms with van der Waals surface area (Å²) in [6.45, 7) is 7.89. The zero-order chi connectivity index (χ0) is 17.9. The normalized spacial score (nSPS) is 10.4. The number of hydrogen-bond donors (Lipinski definition) is 1. The Labute approximate surface area is 143 Å². The molecule has 1 N–H and O–H groups in total. The Morgan fingerprint density at radius 1 is 0.917 bits per heavy atom. The van der Waals surface area contributed by atoms with Crippen molar-refractivity contribution < 1.29 is 9.59 Å². The van der Waals surface area contributed by atoms with Crippen LogP contribution in [0, 0.1) is 27.7 Å². The number of amides is 2. The minimum atomic E-state index is -0.202. The summed E-state index contributed by atoms with van der Waals surface area (Å²) >= 11 is 0. The van der Waals surface area contributed by atoms with E-state index in [9.17, 15) is 9.59 Å². The van der Waals surface area contributed by atoms with Crippen molar-refractivity contribution in [3.05, 3.63) is 64.2 Å². The maximum Gasteiger partial charge on any atom is 0.254 e. The molecule has 2 aromatic rings. The molecule has 0 aliphatic rings. The Kier molecular flexibility index (Phi) is 5.39. The van der Waals surface area contributed by atoms with Gasteiger partial charge in [0.2, 0.25) is 5.91 Å². The minimum Gasteiger partial charge on any atom is -0.332 e. The molecule has 126 valence electrons. The highest BCUT2D eigenvalue weighted by Gasteiger charge is 2.16. The summed E-state index contributed by atoms with van der Waals surface area (Å²) in [6, 6.07) is 11.4. The van der Waals surface area contributed by atoms with E-state index >= 15 is 0 Å². The molecule has 2 rings (SSSR count). The number of carbonyl (C=O) groups is 2. The largest absolute Gasteiger partial charge is 0.332 e. The van der Waals surface area contributed by atoms with Crippen molar-refractivity contribution >= 4 is 17.5 Å². The molecule has 0 heterocycles. The van der Waals surface area contributed by atoms with Crippen LogP contribution in [-0.4, -0.2) is 30.3 Å². The first-order chi connectivity index (χ1) is 11.3. The third-order valence-corrected chi connectivity index (χ3v) is 4.23. The van der Waals surface area contributed by atoms with Crippen LogP contribution in [0.5, 0.6) is 0 Å². The van der Waals surface area contributed by atoms with Gasteiger partial charge in [-0.2, -0.15) is 0 Å². The van der Waals surface area contributed by atoms with Crippen molar-refractivity contribution in [1.29, 1.82) is 0 Å². The van der Waals surface area contributed by atoms with E-state index in [4.69, 9.17) is 0 Å². The van der Waals surface area contributed by atoms with Gasteiger partial charge in [0.1, 0.15) is 0 Å². The quantitative estimate of drug-likeness (QED) is 0.933. The van der Waals surface area contributed by atoms with Gasteiger partial charge in [0, 0.05) is 18.3 Å². The Morgan fingerprint density at radius 3 is 2.12 bits per heavy atom. The van der Waals surface area contributed by atoms with Gasteiger partial charge in [0.05, 0.1) is 6.54 Å². The van der Waals surface area contributed by atoms with Crippen molar-refractivity contribution in [3.8, 4) is 0 Å². The maximum absolute atomic E-state index is 12.5. The molecule has 0 spiro atoms. The smallest absolute Gasteiger partial charge is 0.254 e. The molecule has 0 fully saturated rings. The summed E-state index contributed by atoms with van der Waals surface area (Å²) in [5.41, 5.74) is 5.63. The van der Waals surface area contributed by atoms with Crippen LogP contribution in [0.2, 0.25) is 0 Å². The Hall–Kier alpha value is -2.62. The molecule has 0 radical (unpaired) electrons. The highest BCUT2D eigenvalue weighted by molar-refractivity contribution is 5.99. The number of hydrogen-bond acceptors (Lipinski definition) is 2. The van der Waals surface area contributed by atoms with E-state index in [-0.39, 0.29) is 18.4 Å². The molecule has 0 saturated carbocycles. The van der Waals surface area contributed by atoms with Crippen molar-refractivity contribution in [1.82, 2.24) is 4.90 Å². The highest BCUT2D eigenvalue weighted by Crippen LogP contribution is 2.19. The van der Waals surface area contributed by atoms with Gasteiger partial charge in [-0.3, -0.25) is 9.59 Å². The topological polar surface area (TPSA) is 49.4 Å². The van der Waals surface area contributed by atoms with E-state index in [0.717, 1.165) is 27.9 Å². The number of carbonyl (C=O) groups excluding carboxylic acids is 2. The molecular formula is C20H24N2O2. The van der Waals surface area contributed by atoms with Gasteiger partial charge >= 0.3 is 0 Å². The van der Waals surface area contributed by atoms with E-state index in [1.807, 2.05) is 58.0 Å². The molecule has 0 aliphatic heterocycles. The predicted octanol–water partition coefficient (Wildman–Crippen LogP) is 3.63. The lowest BCUT2D eigenvalue weighted by Gasteiger charge is -2.18. The zero-order valence-electron chi connectivity index (χ0n) is 14.9. The van der Waals surface area contributed by atoms with E-state index in [2.05, 4.69) is 5.32 Å². The summed E-state index contributed by atoms with van der Waals surface area (Å²) in [5, 5.41) is 2.90. The van der Waals surface area contributed by atoms with Crippen LogP contribution in [0.25, 0.3) is 0 Å². The number of para-hydroxylation sites is 1. The average Bonchev–Trinajstić information content (AvgIpc) is 2.53. The third-order valence-electron chi connectivity index (χ3n) is 4.23.